The largest absolute Gasteiger partial charge is 0.469 e. The van der Waals surface area contributed by atoms with E-state index in [9.17, 15) is 23.2 Å². The summed E-state index contributed by atoms with van der Waals surface area (Å²) in [4.78, 5) is 35.5. The number of carbonyl (C=O) groups is 3. The first kappa shape index (κ1) is 18.6. The van der Waals surface area contributed by atoms with Crippen molar-refractivity contribution in [1.82, 2.24) is 10.6 Å². The van der Waals surface area contributed by atoms with Gasteiger partial charge < -0.3 is 15.4 Å². The van der Waals surface area contributed by atoms with E-state index in [4.69, 9.17) is 0 Å². The summed E-state index contributed by atoms with van der Waals surface area (Å²) >= 11 is 0. The van der Waals surface area contributed by atoms with Crippen LogP contribution in [0, 0.1) is 17.6 Å². The number of halogens is 2. The number of methoxy groups -OCH3 is 1. The van der Waals surface area contributed by atoms with Crippen LogP contribution in [-0.2, 0) is 14.3 Å². The van der Waals surface area contributed by atoms with Crippen molar-refractivity contribution < 1.29 is 27.9 Å². The number of rotatable bonds is 5. The predicted molar refractivity (Wildman–Crippen MR) is 84.5 cm³/mol. The number of carbonyl (C=O) groups excluding carboxylic acids is 3. The molecular weight excluding hydrogens is 334 g/mol. The summed E-state index contributed by atoms with van der Waals surface area (Å²) in [5.41, 5.74) is -0.219. The van der Waals surface area contributed by atoms with Crippen LogP contribution >= 0.6 is 0 Å². The van der Waals surface area contributed by atoms with Gasteiger partial charge in [0.1, 0.15) is 17.7 Å². The van der Waals surface area contributed by atoms with E-state index < -0.39 is 35.4 Å². The zero-order valence-corrected chi connectivity index (χ0v) is 13.7. The third-order valence-electron chi connectivity index (χ3n) is 3.78. The van der Waals surface area contributed by atoms with E-state index in [1.165, 1.54) is 14.0 Å². The fourth-order valence-electron chi connectivity index (χ4n) is 2.47. The summed E-state index contributed by atoms with van der Waals surface area (Å²) in [6, 6.07) is 1.12. The first-order valence-corrected chi connectivity index (χ1v) is 7.63. The van der Waals surface area contributed by atoms with Gasteiger partial charge in [0.15, 0.2) is 0 Å². The van der Waals surface area contributed by atoms with Crippen molar-refractivity contribution in [3.8, 4) is 0 Å². The number of hydrogen-bond donors (Lipinski definition) is 2. The number of hydrogen-bond acceptors (Lipinski definition) is 4. The molecule has 1 aliphatic rings. The van der Waals surface area contributed by atoms with E-state index in [1.807, 2.05) is 0 Å². The molecule has 0 bridgehead atoms. The van der Waals surface area contributed by atoms with Gasteiger partial charge >= 0.3 is 5.97 Å². The van der Waals surface area contributed by atoms with Crippen LogP contribution in [-0.4, -0.2) is 37.0 Å². The Bertz CT molecular complexity index is 700. The van der Waals surface area contributed by atoms with Crippen molar-refractivity contribution in [2.75, 3.05) is 7.11 Å². The highest BCUT2D eigenvalue weighted by atomic mass is 19.1. The van der Waals surface area contributed by atoms with Crippen molar-refractivity contribution in [2.45, 2.75) is 25.4 Å². The van der Waals surface area contributed by atoms with Crippen LogP contribution in [0.1, 0.15) is 23.7 Å². The zero-order valence-electron chi connectivity index (χ0n) is 13.7. The van der Waals surface area contributed by atoms with Gasteiger partial charge in [-0.2, -0.15) is 0 Å². The molecule has 0 heterocycles. The van der Waals surface area contributed by atoms with Gasteiger partial charge in [0.05, 0.1) is 13.0 Å². The second kappa shape index (κ2) is 7.87. The Kier molecular flexibility index (Phi) is 5.84. The molecule has 1 aromatic carbocycles. The molecule has 2 amide bonds. The Morgan fingerprint density at radius 3 is 2.40 bits per heavy atom. The van der Waals surface area contributed by atoms with Crippen molar-refractivity contribution >= 4 is 17.8 Å². The Labute approximate surface area is 143 Å². The molecule has 0 fully saturated rings. The maximum atomic E-state index is 13.1. The van der Waals surface area contributed by atoms with Crippen LogP contribution < -0.4 is 10.6 Å². The van der Waals surface area contributed by atoms with Crippen molar-refractivity contribution in [1.29, 1.82) is 0 Å². The molecule has 25 heavy (non-hydrogen) atoms. The molecule has 0 aliphatic heterocycles. The highest BCUT2D eigenvalue weighted by molar-refractivity contribution is 5.97. The molecule has 0 spiro atoms. The van der Waals surface area contributed by atoms with Gasteiger partial charge in [-0.15, -0.1) is 0 Å². The molecule has 0 radical (unpaired) electrons. The van der Waals surface area contributed by atoms with Gasteiger partial charge in [-0.05, 0) is 25.5 Å². The molecule has 2 rings (SSSR count). The minimum atomic E-state index is -0.926. The normalized spacial score (nSPS) is 20.0. The molecule has 1 aromatic rings. The molecule has 0 saturated carbocycles. The van der Waals surface area contributed by atoms with Crippen LogP contribution in [0.25, 0.3) is 0 Å². The van der Waals surface area contributed by atoms with E-state index >= 15 is 0 Å². The van der Waals surface area contributed by atoms with Gasteiger partial charge in [0, 0.05) is 17.7 Å². The van der Waals surface area contributed by atoms with E-state index in [0.29, 0.717) is 12.5 Å². The zero-order chi connectivity index (χ0) is 18.6. The van der Waals surface area contributed by atoms with Crippen molar-refractivity contribution in [3.05, 3.63) is 47.5 Å². The van der Waals surface area contributed by atoms with E-state index in [2.05, 4.69) is 15.4 Å². The van der Waals surface area contributed by atoms with Crippen molar-refractivity contribution in [3.63, 3.8) is 0 Å². The average Bonchev–Trinajstić information content (AvgIpc) is 3.01. The first-order chi connectivity index (χ1) is 11.8. The number of esters is 1. The topological polar surface area (TPSA) is 84.5 Å². The lowest BCUT2D eigenvalue weighted by molar-refractivity contribution is -0.144. The lowest BCUT2D eigenvalue weighted by Crippen LogP contribution is -2.47. The molecule has 0 saturated heterocycles. The Balaban J connectivity index is 1.89. The van der Waals surface area contributed by atoms with Crippen LogP contribution in [0.3, 0.4) is 0 Å². The molecule has 0 aromatic heterocycles. The van der Waals surface area contributed by atoms with E-state index in [1.54, 1.807) is 12.2 Å². The Hall–Kier alpha value is -2.77. The maximum absolute atomic E-state index is 13.1. The highest BCUT2D eigenvalue weighted by Crippen LogP contribution is 2.19. The second-order valence-electron chi connectivity index (χ2n) is 5.72. The fourth-order valence-corrected chi connectivity index (χ4v) is 2.47. The first-order valence-electron chi connectivity index (χ1n) is 7.63. The number of nitrogens with one attached hydrogen (secondary N) is 2. The monoisotopic (exact) mass is 352 g/mol. The van der Waals surface area contributed by atoms with Gasteiger partial charge in [0.25, 0.3) is 5.91 Å². The average molecular weight is 352 g/mol. The van der Waals surface area contributed by atoms with Crippen LogP contribution in [0.5, 0.6) is 0 Å². The lowest BCUT2D eigenvalue weighted by Gasteiger charge is -2.18. The molecule has 2 N–H and O–H groups in total. The Morgan fingerprint density at radius 1 is 1.16 bits per heavy atom. The van der Waals surface area contributed by atoms with Crippen LogP contribution in [0.2, 0.25) is 0 Å². The SMILES string of the molecule is COC(=O)[C@@H]1C=C[C@H](NC(=O)[C@@H](C)NC(=O)c2cc(F)cc(F)c2)C1. The quantitative estimate of drug-likeness (QED) is 0.618. The Morgan fingerprint density at radius 2 is 1.80 bits per heavy atom. The molecular formula is C17H18F2N2O4. The summed E-state index contributed by atoms with van der Waals surface area (Å²) in [5.74, 6) is -3.82. The molecule has 134 valence electrons. The van der Waals surface area contributed by atoms with Gasteiger partial charge in [-0.25, -0.2) is 8.78 Å². The molecule has 8 heteroatoms. The minimum Gasteiger partial charge on any atom is -0.469 e. The molecule has 1 aliphatic carbocycles. The number of benzene rings is 1. The molecule has 0 unspecified atom stereocenters. The minimum absolute atomic E-state index is 0.219. The van der Waals surface area contributed by atoms with Crippen molar-refractivity contribution in [2.24, 2.45) is 5.92 Å². The summed E-state index contributed by atoms with van der Waals surface area (Å²) in [6.07, 6.45) is 3.69. The predicted octanol–water partition coefficient (Wildman–Crippen LogP) is 1.32. The van der Waals surface area contributed by atoms with Gasteiger partial charge in [-0.1, -0.05) is 12.2 Å². The van der Waals surface area contributed by atoms with Gasteiger partial charge in [-0.3, -0.25) is 14.4 Å². The third-order valence-corrected chi connectivity index (χ3v) is 3.78. The third kappa shape index (κ3) is 4.85. The lowest BCUT2D eigenvalue weighted by atomic mass is 10.1. The van der Waals surface area contributed by atoms with Crippen LogP contribution in [0.15, 0.2) is 30.4 Å². The van der Waals surface area contributed by atoms with E-state index in [-0.39, 0.29) is 17.6 Å². The number of amides is 2. The fraction of sp³-hybridized carbons (Fsp3) is 0.353. The van der Waals surface area contributed by atoms with Crippen LogP contribution in [0.4, 0.5) is 8.78 Å². The maximum Gasteiger partial charge on any atom is 0.312 e. The smallest absolute Gasteiger partial charge is 0.312 e. The second-order valence-corrected chi connectivity index (χ2v) is 5.72. The number of ether oxygens (including phenoxy) is 1. The molecule has 6 nitrogen and oxygen atoms in total. The summed E-state index contributed by atoms with van der Waals surface area (Å²) in [5, 5.41) is 5.04. The summed E-state index contributed by atoms with van der Waals surface area (Å²) in [6.45, 7) is 1.44. The van der Waals surface area contributed by atoms with E-state index in [0.717, 1.165) is 12.1 Å². The summed E-state index contributed by atoms with van der Waals surface area (Å²) < 4.78 is 30.9. The highest BCUT2D eigenvalue weighted by Gasteiger charge is 2.28. The molecule has 3 atom stereocenters. The summed E-state index contributed by atoms with van der Waals surface area (Å²) in [7, 11) is 1.29. The standard InChI is InChI=1S/C17H18F2N2O4/c1-9(20-16(23)11-5-12(18)8-13(19)6-11)15(22)21-14-4-3-10(7-14)17(24)25-2/h3-6,8-10,14H,7H2,1-2H3,(H,20,23)(H,21,22)/t9-,10-,14+/m1/s1. The van der Waals surface area contributed by atoms with Gasteiger partial charge in [0.2, 0.25) is 5.91 Å².